The molecule has 0 saturated heterocycles. The third-order valence-electron chi connectivity index (χ3n) is 4.42. The molecule has 3 aromatic heterocycles. The number of nitrogens with zero attached hydrogens (tertiary/aromatic N) is 4. The van der Waals surface area contributed by atoms with E-state index in [1.165, 1.54) is 11.3 Å². The molecule has 0 fully saturated rings. The molecule has 0 saturated carbocycles. The van der Waals surface area contributed by atoms with Crippen LogP contribution in [0.25, 0.3) is 0 Å². The Hall–Kier alpha value is -2.40. The number of furan rings is 1. The molecule has 5 heteroatoms. The van der Waals surface area contributed by atoms with Gasteiger partial charge < -0.3 is 4.42 Å². The molecule has 25 heavy (non-hydrogen) atoms. The number of hydrogen-bond acceptors (Lipinski definition) is 4. The van der Waals surface area contributed by atoms with Crippen LogP contribution in [0.1, 0.15) is 48.3 Å². The molecule has 132 valence electrons. The average molecular weight is 338 g/mol. The minimum Gasteiger partial charge on any atom is -0.468 e. The third-order valence-corrected chi connectivity index (χ3v) is 4.42. The van der Waals surface area contributed by atoms with Gasteiger partial charge in [-0.2, -0.15) is 5.10 Å². The average Bonchev–Trinajstić information content (AvgIpc) is 3.19. The molecule has 0 amide bonds. The number of aromatic nitrogens is 3. The molecule has 0 aromatic carbocycles. The third kappa shape index (κ3) is 4.17. The van der Waals surface area contributed by atoms with Crippen molar-refractivity contribution in [3.05, 3.63) is 71.2 Å². The number of pyridine rings is 1. The fourth-order valence-electron chi connectivity index (χ4n) is 3.16. The van der Waals surface area contributed by atoms with Gasteiger partial charge in [0.25, 0.3) is 0 Å². The standard InChI is InChI=1S/C20H26N4O/c1-15(2)24-17(4)20(16(3)22-24)14-23(13-19-9-7-11-25-19)12-18-8-5-6-10-21-18/h5-11,15H,12-14H2,1-4H3. The molecule has 5 nitrogen and oxygen atoms in total. The maximum absolute atomic E-state index is 5.56. The van der Waals surface area contributed by atoms with Crippen LogP contribution in [0.2, 0.25) is 0 Å². The van der Waals surface area contributed by atoms with Crippen molar-refractivity contribution >= 4 is 0 Å². The van der Waals surface area contributed by atoms with E-state index in [1.54, 1.807) is 6.26 Å². The molecule has 0 atom stereocenters. The second kappa shape index (κ2) is 7.66. The van der Waals surface area contributed by atoms with Crippen molar-refractivity contribution in [2.45, 2.75) is 53.4 Å². The first-order chi connectivity index (χ1) is 12.0. The second-order valence-corrected chi connectivity index (χ2v) is 6.73. The van der Waals surface area contributed by atoms with Crippen LogP contribution >= 0.6 is 0 Å². The molecule has 0 aliphatic carbocycles. The Morgan fingerprint density at radius 3 is 2.52 bits per heavy atom. The van der Waals surface area contributed by atoms with E-state index in [1.807, 2.05) is 30.5 Å². The SMILES string of the molecule is Cc1nn(C(C)C)c(C)c1CN(Cc1ccccn1)Cc1ccco1. The molecular weight excluding hydrogens is 312 g/mol. The van der Waals surface area contributed by atoms with E-state index in [4.69, 9.17) is 9.52 Å². The van der Waals surface area contributed by atoms with Crippen LogP contribution in [0.5, 0.6) is 0 Å². The molecule has 3 rings (SSSR count). The van der Waals surface area contributed by atoms with Gasteiger partial charge >= 0.3 is 0 Å². The summed E-state index contributed by atoms with van der Waals surface area (Å²) in [6.45, 7) is 10.9. The van der Waals surface area contributed by atoms with Gasteiger partial charge in [-0.15, -0.1) is 0 Å². The summed E-state index contributed by atoms with van der Waals surface area (Å²) in [7, 11) is 0. The van der Waals surface area contributed by atoms with Crippen LogP contribution in [0.15, 0.2) is 47.2 Å². The molecule has 0 spiro atoms. The highest BCUT2D eigenvalue weighted by Gasteiger charge is 2.18. The fraction of sp³-hybridized carbons (Fsp3) is 0.400. The zero-order valence-electron chi connectivity index (χ0n) is 15.4. The lowest BCUT2D eigenvalue weighted by molar-refractivity contribution is 0.223. The predicted molar refractivity (Wildman–Crippen MR) is 98.0 cm³/mol. The molecule has 0 radical (unpaired) electrons. The Labute approximate surface area is 149 Å². The summed E-state index contributed by atoms with van der Waals surface area (Å²) in [5.41, 5.74) is 4.67. The van der Waals surface area contributed by atoms with Gasteiger partial charge in [0.15, 0.2) is 0 Å². The van der Waals surface area contributed by atoms with Crippen LogP contribution in [0, 0.1) is 13.8 Å². The lowest BCUT2D eigenvalue weighted by Gasteiger charge is -2.21. The minimum absolute atomic E-state index is 0.363. The normalized spacial score (nSPS) is 11.6. The Morgan fingerprint density at radius 1 is 1.08 bits per heavy atom. The number of hydrogen-bond donors (Lipinski definition) is 0. The second-order valence-electron chi connectivity index (χ2n) is 6.73. The summed E-state index contributed by atoms with van der Waals surface area (Å²) in [6.07, 6.45) is 3.56. The van der Waals surface area contributed by atoms with Gasteiger partial charge in [0, 0.05) is 36.6 Å². The van der Waals surface area contributed by atoms with Crippen molar-refractivity contribution in [3.63, 3.8) is 0 Å². The van der Waals surface area contributed by atoms with Crippen molar-refractivity contribution < 1.29 is 4.42 Å². The smallest absolute Gasteiger partial charge is 0.117 e. The van der Waals surface area contributed by atoms with Gasteiger partial charge in [-0.25, -0.2) is 0 Å². The van der Waals surface area contributed by atoms with Gasteiger partial charge in [-0.05, 0) is 52.0 Å². The van der Waals surface area contributed by atoms with Crippen molar-refractivity contribution in [3.8, 4) is 0 Å². The van der Waals surface area contributed by atoms with Crippen LogP contribution in [0.4, 0.5) is 0 Å². The Bertz CT molecular complexity index is 791. The van der Waals surface area contributed by atoms with E-state index >= 15 is 0 Å². The Balaban J connectivity index is 1.84. The van der Waals surface area contributed by atoms with E-state index < -0.39 is 0 Å². The zero-order valence-corrected chi connectivity index (χ0v) is 15.4. The van der Waals surface area contributed by atoms with Gasteiger partial charge in [0.2, 0.25) is 0 Å². The molecule has 0 N–H and O–H groups in total. The monoisotopic (exact) mass is 338 g/mol. The Kier molecular flexibility index (Phi) is 5.34. The van der Waals surface area contributed by atoms with E-state index in [0.717, 1.165) is 36.8 Å². The van der Waals surface area contributed by atoms with Crippen molar-refractivity contribution in [1.29, 1.82) is 0 Å². The van der Waals surface area contributed by atoms with Crippen LogP contribution in [-0.2, 0) is 19.6 Å². The first-order valence-corrected chi connectivity index (χ1v) is 8.74. The Morgan fingerprint density at radius 2 is 1.92 bits per heavy atom. The molecular formula is C20H26N4O. The van der Waals surface area contributed by atoms with E-state index in [9.17, 15) is 0 Å². The highest BCUT2D eigenvalue weighted by molar-refractivity contribution is 5.25. The van der Waals surface area contributed by atoms with E-state index in [0.29, 0.717) is 6.04 Å². The van der Waals surface area contributed by atoms with Crippen LogP contribution in [-0.4, -0.2) is 19.7 Å². The molecule has 0 bridgehead atoms. The highest BCUT2D eigenvalue weighted by Crippen LogP contribution is 2.21. The maximum atomic E-state index is 5.56. The maximum Gasteiger partial charge on any atom is 0.117 e. The highest BCUT2D eigenvalue weighted by atomic mass is 16.3. The topological polar surface area (TPSA) is 47.1 Å². The number of rotatable bonds is 7. The molecule has 0 aliphatic heterocycles. The molecule has 3 heterocycles. The van der Waals surface area contributed by atoms with Crippen molar-refractivity contribution in [1.82, 2.24) is 19.7 Å². The summed E-state index contributed by atoms with van der Waals surface area (Å²) in [6, 6.07) is 10.3. The zero-order chi connectivity index (χ0) is 17.8. The first kappa shape index (κ1) is 17.4. The van der Waals surface area contributed by atoms with Crippen LogP contribution in [0.3, 0.4) is 0 Å². The minimum atomic E-state index is 0.363. The fourth-order valence-corrected chi connectivity index (χ4v) is 3.16. The lowest BCUT2D eigenvalue weighted by Crippen LogP contribution is -2.23. The summed E-state index contributed by atoms with van der Waals surface area (Å²) in [5.74, 6) is 0.961. The summed E-state index contributed by atoms with van der Waals surface area (Å²) < 4.78 is 7.67. The van der Waals surface area contributed by atoms with Gasteiger partial charge in [0.05, 0.1) is 24.2 Å². The van der Waals surface area contributed by atoms with Gasteiger partial charge in [0.1, 0.15) is 5.76 Å². The van der Waals surface area contributed by atoms with E-state index in [2.05, 4.69) is 48.3 Å². The summed E-state index contributed by atoms with van der Waals surface area (Å²) in [4.78, 5) is 6.82. The van der Waals surface area contributed by atoms with Crippen LogP contribution < -0.4 is 0 Å². The van der Waals surface area contributed by atoms with Crippen molar-refractivity contribution in [2.75, 3.05) is 0 Å². The summed E-state index contributed by atoms with van der Waals surface area (Å²) >= 11 is 0. The summed E-state index contributed by atoms with van der Waals surface area (Å²) in [5, 5.41) is 4.72. The van der Waals surface area contributed by atoms with Gasteiger partial charge in [-0.3, -0.25) is 14.6 Å². The lowest BCUT2D eigenvalue weighted by atomic mass is 10.1. The first-order valence-electron chi connectivity index (χ1n) is 8.74. The quantitative estimate of drug-likeness (QED) is 0.645. The number of aryl methyl sites for hydroxylation is 1. The molecule has 3 aromatic rings. The van der Waals surface area contributed by atoms with Gasteiger partial charge in [-0.1, -0.05) is 6.07 Å². The van der Waals surface area contributed by atoms with Crippen molar-refractivity contribution in [2.24, 2.45) is 0 Å². The molecule has 0 aliphatic rings. The largest absolute Gasteiger partial charge is 0.468 e. The van der Waals surface area contributed by atoms with E-state index in [-0.39, 0.29) is 0 Å². The predicted octanol–water partition coefficient (Wildman–Crippen LogP) is 4.27. The molecule has 0 unspecified atom stereocenters.